The molecule has 0 aliphatic heterocycles. The second-order valence-electron chi connectivity index (χ2n) is 7.52. The fraction of sp³-hybridized carbons (Fsp3) is 0.125. The zero-order chi connectivity index (χ0) is 24.2. The minimum atomic E-state index is -2.62. The molecule has 10 heteroatoms. The number of anilines is 1. The van der Waals surface area contributed by atoms with Gasteiger partial charge >= 0.3 is 0 Å². The van der Waals surface area contributed by atoms with Crippen LogP contribution in [0.5, 0.6) is 0 Å². The van der Waals surface area contributed by atoms with E-state index in [1.165, 1.54) is 29.0 Å². The molecule has 4 aromatic rings. The highest BCUT2D eigenvalue weighted by atomic mass is 19.3. The molecule has 3 heterocycles. The lowest BCUT2D eigenvalue weighted by Gasteiger charge is -2.14. The Labute approximate surface area is 193 Å². The molecule has 0 atom stereocenters. The lowest BCUT2D eigenvalue weighted by atomic mass is 10.0. The summed E-state index contributed by atoms with van der Waals surface area (Å²) in [6.07, 6.45) is 0.354. The zero-order valence-electron chi connectivity index (χ0n) is 18.2. The topological polar surface area (TPSA) is 125 Å². The number of aryl methyl sites for hydroxylation is 1. The van der Waals surface area contributed by atoms with Gasteiger partial charge in [-0.3, -0.25) is 9.78 Å². The number of hydrogen-bond acceptors (Lipinski definition) is 6. The monoisotopic (exact) mass is 461 g/mol. The summed E-state index contributed by atoms with van der Waals surface area (Å²) in [5, 5.41) is 0. The Morgan fingerprint density at radius 1 is 1.09 bits per heavy atom. The molecule has 0 amide bonds. The molecule has 0 unspecified atom stereocenters. The van der Waals surface area contributed by atoms with Gasteiger partial charge in [-0.25, -0.2) is 18.8 Å². The Bertz CT molecular complexity index is 1420. The number of nitrogen functional groups attached to an aromatic ring is 1. The molecular weight excluding hydrogens is 440 g/mol. The predicted octanol–water partition coefficient (Wildman–Crippen LogP) is 3.66. The van der Waals surface area contributed by atoms with Crippen molar-refractivity contribution in [3.8, 4) is 22.4 Å². The molecule has 172 valence electrons. The van der Waals surface area contributed by atoms with Crippen molar-refractivity contribution in [2.45, 2.75) is 12.8 Å². The fourth-order valence-electron chi connectivity index (χ4n) is 3.45. The summed E-state index contributed by atoms with van der Waals surface area (Å²) in [6, 6.07) is 14.9. The second kappa shape index (κ2) is 9.57. The molecule has 0 fully saturated rings. The van der Waals surface area contributed by atoms with Gasteiger partial charge < -0.3 is 16.0 Å². The molecule has 1 aromatic carbocycles. The van der Waals surface area contributed by atoms with Crippen LogP contribution in [0.2, 0.25) is 0 Å². The number of pyridine rings is 2. The van der Waals surface area contributed by atoms with E-state index in [1.807, 2.05) is 30.3 Å². The quantitative estimate of drug-likeness (QED) is 0.334. The van der Waals surface area contributed by atoms with Gasteiger partial charge in [0.15, 0.2) is 5.82 Å². The van der Waals surface area contributed by atoms with Gasteiger partial charge in [0.25, 0.3) is 6.43 Å². The van der Waals surface area contributed by atoms with Gasteiger partial charge in [-0.2, -0.15) is 4.98 Å². The van der Waals surface area contributed by atoms with E-state index in [4.69, 9.17) is 11.5 Å². The molecule has 0 radical (unpaired) electrons. The predicted molar refractivity (Wildman–Crippen MR) is 127 cm³/mol. The maximum absolute atomic E-state index is 13.0. The van der Waals surface area contributed by atoms with E-state index in [0.717, 1.165) is 5.56 Å². The van der Waals surface area contributed by atoms with Gasteiger partial charge in [-0.1, -0.05) is 30.3 Å². The summed E-state index contributed by atoms with van der Waals surface area (Å²) in [5.74, 6) is 0.270. The standard InChI is InChI=1S/C24H21F2N7O/c1-33-13-16(7-8-19(33)34)20-21(14-5-3-2-4-6-14)31-24(28)32-23(20)30-18(27)12-17-11-15(22(25)26)9-10-29-17/h2-11,13,22H,12H2,1H3,(H4,27,28,30,31,32). The van der Waals surface area contributed by atoms with Crippen molar-refractivity contribution < 1.29 is 8.78 Å². The normalized spacial score (nSPS) is 11.7. The highest BCUT2D eigenvalue weighted by Gasteiger charge is 2.18. The Hall–Kier alpha value is -4.47. The van der Waals surface area contributed by atoms with Gasteiger partial charge in [0.1, 0.15) is 5.84 Å². The van der Waals surface area contributed by atoms with Crippen LogP contribution in [0.15, 0.2) is 76.8 Å². The van der Waals surface area contributed by atoms with Crippen LogP contribution in [-0.4, -0.2) is 25.4 Å². The van der Waals surface area contributed by atoms with Crippen molar-refractivity contribution in [1.29, 1.82) is 0 Å². The van der Waals surface area contributed by atoms with Gasteiger partial charge in [0, 0.05) is 54.3 Å². The van der Waals surface area contributed by atoms with Crippen molar-refractivity contribution in [2.75, 3.05) is 5.73 Å². The molecule has 34 heavy (non-hydrogen) atoms. The van der Waals surface area contributed by atoms with E-state index < -0.39 is 6.43 Å². The first-order valence-electron chi connectivity index (χ1n) is 10.3. The van der Waals surface area contributed by atoms with Crippen LogP contribution >= 0.6 is 0 Å². The molecule has 4 N–H and O–H groups in total. The zero-order valence-corrected chi connectivity index (χ0v) is 18.2. The number of aliphatic imine (C=N–C) groups is 1. The van der Waals surface area contributed by atoms with Gasteiger partial charge in [-0.05, 0) is 18.2 Å². The third-order valence-corrected chi connectivity index (χ3v) is 5.03. The van der Waals surface area contributed by atoms with Crippen molar-refractivity contribution in [2.24, 2.45) is 17.8 Å². The Morgan fingerprint density at radius 2 is 1.85 bits per heavy atom. The first-order chi connectivity index (χ1) is 16.3. The summed E-state index contributed by atoms with van der Waals surface area (Å²) >= 11 is 0. The summed E-state index contributed by atoms with van der Waals surface area (Å²) < 4.78 is 27.5. The minimum Gasteiger partial charge on any atom is -0.387 e. The van der Waals surface area contributed by atoms with Crippen LogP contribution in [0.25, 0.3) is 22.4 Å². The van der Waals surface area contributed by atoms with Crippen LogP contribution in [-0.2, 0) is 13.5 Å². The minimum absolute atomic E-state index is 0.0169. The molecule has 0 spiro atoms. The van der Waals surface area contributed by atoms with E-state index in [0.29, 0.717) is 22.5 Å². The highest BCUT2D eigenvalue weighted by molar-refractivity contribution is 5.92. The summed E-state index contributed by atoms with van der Waals surface area (Å²) in [6.45, 7) is 0. The summed E-state index contributed by atoms with van der Waals surface area (Å²) in [4.78, 5) is 29.2. The smallest absolute Gasteiger partial charge is 0.263 e. The van der Waals surface area contributed by atoms with Crippen LogP contribution in [0, 0.1) is 0 Å². The largest absolute Gasteiger partial charge is 0.387 e. The van der Waals surface area contributed by atoms with E-state index in [2.05, 4.69) is 19.9 Å². The number of nitrogens with zero attached hydrogens (tertiary/aromatic N) is 5. The number of amidine groups is 1. The van der Waals surface area contributed by atoms with E-state index >= 15 is 0 Å². The number of rotatable bonds is 6. The Balaban J connectivity index is 1.86. The molecule has 0 saturated carbocycles. The first kappa shape index (κ1) is 22.7. The molecule has 0 saturated heterocycles. The lowest BCUT2D eigenvalue weighted by Crippen LogP contribution is -2.16. The fourth-order valence-corrected chi connectivity index (χ4v) is 3.45. The number of benzene rings is 1. The van der Waals surface area contributed by atoms with Crippen LogP contribution in [0.1, 0.15) is 17.7 Å². The molecule has 0 aliphatic carbocycles. The SMILES string of the molecule is Cn1cc(-c2c(N=C(N)Cc3cc(C(F)F)ccn3)nc(N)nc2-c2ccccc2)ccc1=O. The van der Waals surface area contributed by atoms with Crippen molar-refractivity contribution in [1.82, 2.24) is 19.5 Å². The number of nitrogens with two attached hydrogens (primary N) is 2. The van der Waals surface area contributed by atoms with Crippen molar-refractivity contribution in [3.05, 3.63) is 88.6 Å². The summed E-state index contributed by atoms with van der Waals surface area (Å²) in [5.41, 5.74) is 14.6. The maximum atomic E-state index is 13.0. The molecule has 4 rings (SSSR count). The van der Waals surface area contributed by atoms with Crippen LogP contribution in [0.3, 0.4) is 0 Å². The third kappa shape index (κ3) is 4.96. The first-order valence-corrected chi connectivity index (χ1v) is 10.3. The van der Waals surface area contributed by atoms with Gasteiger partial charge in [0.05, 0.1) is 11.3 Å². The van der Waals surface area contributed by atoms with E-state index in [1.54, 1.807) is 19.3 Å². The second-order valence-corrected chi connectivity index (χ2v) is 7.52. The van der Waals surface area contributed by atoms with Gasteiger partial charge in [0.2, 0.25) is 11.5 Å². The van der Waals surface area contributed by atoms with Gasteiger partial charge in [-0.15, -0.1) is 0 Å². The van der Waals surface area contributed by atoms with Crippen molar-refractivity contribution >= 4 is 17.6 Å². The molecule has 8 nitrogen and oxygen atoms in total. The third-order valence-electron chi connectivity index (χ3n) is 5.03. The average Bonchev–Trinajstić information content (AvgIpc) is 2.81. The lowest BCUT2D eigenvalue weighted by molar-refractivity contribution is 0.151. The Kier molecular flexibility index (Phi) is 6.39. The van der Waals surface area contributed by atoms with E-state index in [9.17, 15) is 13.6 Å². The number of hydrogen-bond donors (Lipinski definition) is 2. The molecular formula is C24H21F2N7O. The van der Waals surface area contributed by atoms with Crippen molar-refractivity contribution in [3.63, 3.8) is 0 Å². The maximum Gasteiger partial charge on any atom is 0.263 e. The summed E-state index contributed by atoms with van der Waals surface area (Å²) in [7, 11) is 1.63. The number of alkyl halides is 2. The van der Waals surface area contributed by atoms with Crippen LogP contribution < -0.4 is 17.0 Å². The Morgan fingerprint density at radius 3 is 2.56 bits per heavy atom. The number of aromatic nitrogens is 4. The van der Waals surface area contributed by atoms with E-state index in [-0.39, 0.29) is 35.1 Å². The van der Waals surface area contributed by atoms with Crippen LogP contribution in [0.4, 0.5) is 20.5 Å². The molecule has 0 aliphatic rings. The number of halogens is 2. The molecule has 3 aromatic heterocycles. The highest BCUT2D eigenvalue weighted by Crippen LogP contribution is 2.37. The average molecular weight is 461 g/mol. The molecule has 0 bridgehead atoms.